The van der Waals surface area contributed by atoms with Gasteiger partial charge in [-0.1, -0.05) is 6.07 Å². The Morgan fingerprint density at radius 2 is 2.29 bits per heavy atom. The highest BCUT2D eigenvalue weighted by Gasteiger charge is 2.25. The molecule has 2 aromatic rings. The van der Waals surface area contributed by atoms with Crippen LogP contribution < -0.4 is 5.32 Å². The molecule has 0 amide bonds. The first-order chi connectivity index (χ1) is 10.3. The maximum atomic E-state index is 12.9. The van der Waals surface area contributed by atoms with Gasteiger partial charge in [0.2, 0.25) is 0 Å². The number of rotatable bonds is 4. The number of nitrogens with zero attached hydrogens (tertiary/aromatic N) is 4. The van der Waals surface area contributed by atoms with Crippen LogP contribution in [0.25, 0.3) is 0 Å². The van der Waals surface area contributed by atoms with Crippen LogP contribution in [0.2, 0.25) is 0 Å². The number of nitrogens with one attached hydrogen (secondary N) is 1. The molecule has 1 unspecified atom stereocenters. The molecule has 1 atom stereocenters. The van der Waals surface area contributed by atoms with Crippen molar-refractivity contribution in [3.63, 3.8) is 0 Å². The van der Waals surface area contributed by atoms with Gasteiger partial charge in [0.1, 0.15) is 5.82 Å². The summed E-state index contributed by atoms with van der Waals surface area (Å²) in [6, 6.07) is 4.02. The van der Waals surface area contributed by atoms with Gasteiger partial charge >= 0.3 is 6.55 Å². The molecule has 0 aliphatic carbocycles. The molecule has 1 aliphatic rings. The SMILES string of the molecule is FC(F)n1ccnc1CN1CCNCC1c1cccnc1. The number of hydrogen-bond donors (Lipinski definition) is 1. The van der Waals surface area contributed by atoms with Crippen LogP contribution in [0.15, 0.2) is 36.9 Å². The molecular weight excluding hydrogens is 276 g/mol. The molecule has 0 radical (unpaired) electrons. The second-order valence-corrected chi connectivity index (χ2v) is 5.01. The predicted octanol–water partition coefficient (Wildman–Crippen LogP) is 1.82. The Labute approximate surface area is 121 Å². The average Bonchev–Trinajstić information content (AvgIpc) is 2.97. The minimum absolute atomic E-state index is 0.121. The van der Waals surface area contributed by atoms with E-state index in [0.717, 1.165) is 29.8 Å². The van der Waals surface area contributed by atoms with Gasteiger partial charge in [-0.05, 0) is 11.6 Å². The molecule has 0 saturated carbocycles. The number of piperazine rings is 1. The fraction of sp³-hybridized carbons (Fsp3) is 0.429. The lowest BCUT2D eigenvalue weighted by Crippen LogP contribution is -2.45. The van der Waals surface area contributed by atoms with E-state index in [4.69, 9.17) is 0 Å². The van der Waals surface area contributed by atoms with E-state index in [1.165, 1.54) is 12.4 Å². The van der Waals surface area contributed by atoms with Gasteiger partial charge < -0.3 is 5.32 Å². The second-order valence-electron chi connectivity index (χ2n) is 5.01. The van der Waals surface area contributed by atoms with E-state index in [2.05, 4.69) is 20.2 Å². The normalized spacial score (nSPS) is 20.0. The molecule has 3 rings (SSSR count). The van der Waals surface area contributed by atoms with E-state index in [1.54, 1.807) is 6.20 Å². The van der Waals surface area contributed by atoms with Gasteiger partial charge in [-0.25, -0.2) is 4.98 Å². The molecular formula is C14H17F2N5. The van der Waals surface area contributed by atoms with Gasteiger partial charge in [0, 0.05) is 50.5 Å². The van der Waals surface area contributed by atoms with Crippen molar-refractivity contribution < 1.29 is 8.78 Å². The molecule has 1 N–H and O–H groups in total. The van der Waals surface area contributed by atoms with Gasteiger partial charge in [-0.15, -0.1) is 0 Å². The predicted molar refractivity (Wildman–Crippen MR) is 73.7 cm³/mol. The smallest absolute Gasteiger partial charge is 0.314 e. The monoisotopic (exact) mass is 293 g/mol. The molecule has 0 bridgehead atoms. The number of imidazole rings is 1. The van der Waals surface area contributed by atoms with Crippen molar-refractivity contribution in [1.29, 1.82) is 0 Å². The summed E-state index contributed by atoms with van der Waals surface area (Å²) in [6.07, 6.45) is 6.29. The number of aromatic nitrogens is 3. The van der Waals surface area contributed by atoms with Crippen molar-refractivity contribution in [2.75, 3.05) is 19.6 Å². The zero-order valence-electron chi connectivity index (χ0n) is 11.5. The Bertz CT molecular complexity index is 572. The molecule has 1 aliphatic heterocycles. The molecule has 0 aromatic carbocycles. The van der Waals surface area contributed by atoms with Crippen LogP contribution in [0, 0.1) is 0 Å². The third-order valence-corrected chi connectivity index (χ3v) is 3.73. The number of halogens is 2. The van der Waals surface area contributed by atoms with Crippen molar-refractivity contribution in [2.45, 2.75) is 19.1 Å². The lowest BCUT2D eigenvalue weighted by atomic mass is 10.1. The third kappa shape index (κ3) is 3.08. The fourth-order valence-corrected chi connectivity index (χ4v) is 2.66. The number of hydrogen-bond acceptors (Lipinski definition) is 4. The summed E-state index contributed by atoms with van der Waals surface area (Å²) in [4.78, 5) is 10.4. The topological polar surface area (TPSA) is 46.0 Å². The van der Waals surface area contributed by atoms with Gasteiger partial charge in [-0.2, -0.15) is 8.78 Å². The summed E-state index contributed by atoms with van der Waals surface area (Å²) < 4.78 is 26.8. The van der Waals surface area contributed by atoms with Gasteiger partial charge in [0.15, 0.2) is 0 Å². The molecule has 3 heterocycles. The lowest BCUT2D eigenvalue weighted by molar-refractivity contribution is 0.0604. The minimum atomic E-state index is -2.55. The average molecular weight is 293 g/mol. The lowest BCUT2D eigenvalue weighted by Gasteiger charge is -2.36. The summed E-state index contributed by atoms with van der Waals surface area (Å²) in [7, 11) is 0. The fourth-order valence-electron chi connectivity index (χ4n) is 2.66. The summed E-state index contributed by atoms with van der Waals surface area (Å²) in [5.74, 6) is 0.390. The largest absolute Gasteiger partial charge is 0.319 e. The first-order valence-electron chi connectivity index (χ1n) is 6.90. The molecule has 0 spiro atoms. The van der Waals surface area contributed by atoms with Crippen LogP contribution in [0.1, 0.15) is 24.0 Å². The molecule has 21 heavy (non-hydrogen) atoms. The minimum Gasteiger partial charge on any atom is -0.314 e. The Hall–Kier alpha value is -1.86. The van der Waals surface area contributed by atoms with Crippen LogP contribution in [0.4, 0.5) is 8.78 Å². The Kier molecular flexibility index (Phi) is 4.21. The summed E-state index contributed by atoms with van der Waals surface area (Å²) in [5.41, 5.74) is 1.08. The van der Waals surface area contributed by atoms with Crippen LogP contribution in [-0.2, 0) is 6.54 Å². The summed E-state index contributed by atoms with van der Waals surface area (Å²) in [5, 5.41) is 3.34. The molecule has 1 saturated heterocycles. The first kappa shape index (κ1) is 14.1. The van der Waals surface area contributed by atoms with Crippen LogP contribution in [-0.4, -0.2) is 39.1 Å². The molecule has 7 heteroatoms. The van der Waals surface area contributed by atoms with E-state index in [-0.39, 0.29) is 6.04 Å². The summed E-state index contributed by atoms with van der Waals surface area (Å²) in [6.45, 7) is 0.254. The quantitative estimate of drug-likeness (QED) is 0.934. The van der Waals surface area contributed by atoms with Crippen LogP contribution in [0.5, 0.6) is 0 Å². The number of pyridine rings is 1. The number of alkyl halides is 2. The van der Waals surface area contributed by atoms with Gasteiger partial charge in [0.05, 0.1) is 6.54 Å². The van der Waals surface area contributed by atoms with Crippen molar-refractivity contribution in [2.24, 2.45) is 0 Å². The van der Waals surface area contributed by atoms with E-state index in [1.807, 2.05) is 18.3 Å². The van der Waals surface area contributed by atoms with Gasteiger partial charge in [-0.3, -0.25) is 14.5 Å². The molecule has 5 nitrogen and oxygen atoms in total. The molecule has 2 aromatic heterocycles. The van der Waals surface area contributed by atoms with E-state index < -0.39 is 6.55 Å². The van der Waals surface area contributed by atoms with Crippen molar-refractivity contribution in [1.82, 2.24) is 24.8 Å². The van der Waals surface area contributed by atoms with Crippen molar-refractivity contribution in [3.8, 4) is 0 Å². The highest BCUT2D eigenvalue weighted by Crippen LogP contribution is 2.24. The Morgan fingerprint density at radius 1 is 1.38 bits per heavy atom. The van der Waals surface area contributed by atoms with E-state index in [9.17, 15) is 8.78 Å². The zero-order chi connectivity index (χ0) is 14.7. The Morgan fingerprint density at radius 3 is 3.05 bits per heavy atom. The summed E-state index contributed by atoms with van der Waals surface area (Å²) >= 11 is 0. The standard InChI is InChI=1S/C14H17F2N5/c15-14(16)21-7-5-19-13(21)10-20-6-4-18-9-12(20)11-2-1-3-17-8-11/h1-3,5,7-8,12,14,18H,4,6,9-10H2. The maximum absolute atomic E-state index is 12.9. The van der Waals surface area contributed by atoms with Crippen molar-refractivity contribution >= 4 is 0 Å². The molecule has 112 valence electrons. The molecule has 1 fully saturated rings. The Balaban J connectivity index is 1.80. The highest BCUT2D eigenvalue weighted by molar-refractivity contribution is 5.15. The van der Waals surface area contributed by atoms with Crippen molar-refractivity contribution in [3.05, 3.63) is 48.3 Å². The van der Waals surface area contributed by atoms with E-state index in [0.29, 0.717) is 12.4 Å². The third-order valence-electron chi connectivity index (χ3n) is 3.73. The van der Waals surface area contributed by atoms with Gasteiger partial charge in [0.25, 0.3) is 0 Å². The second kappa shape index (κ2) is 6.28. The zero-order valence-corrected chi connectivity index (χ0v) is 11.5. The maximum Gasteiger partial charge on any atom is 0.319 e. The van der Waals surface area contributed by atoms with Crippen LogP contribution >= 0.6 is 0 Å². The first-order valence-corrected chi connectivity index (χ1v) is 6.90. The van der Waals surface area contributed by atoms with E-state index >= 15 is 0 Å². The van der Waals surface area contributed by atoms with Crippen LogP contribution in [0.3, 0.4) is 0 Å². The highest BCUT2D eigenvalue weighted by atomic mass is 19.3.